The predicted molar refractivity (Wildman–Crippen MR) is 44.3 cm³/mol. The standard InChI is InChI=1S/C10H13O/c1-2-9(8-11)10-6-4-3-5-7-10/h3-7,9H,2,8H2,1H3/q-1. The minimum absolute atomic E-state index is 0.000509. The zero-order valence-corrected chi connectivity index (χ0v) is 6.79. The highest BCUT2D eigenvalue weighted by Gasteiger charge is 2.00. The maximum absolute atomic E-state index is 10.7. The molecule has 1 aromatic carbocycles. The third-order valence-electron chi connectivity index (χ3n) is 1.96. The van der Waals surface area contributed by atoms with Crippen molar-refractivity contribution in [3.05, 3.63) is 35.9 Å². The Morgan fingerprint density at radius 1 is 1.27 bits per heavy atom. The Kier molecular flexibility index (Phi) is 3.12. The third kappa shape index (κ3) is 2.05. The van der Waals surface area contributed by atoms with E-state index in [1.54, 1.807) is 0 Å². The van der Waals surface area contributed by atoms with Gasteiger partial charge in [0.1, 0.15) is 0 Å². The minimum atomic E-state index is 0.000509. The van der Waals surface area contributed by atoms with E-state index in [0.29, 0.717) is 0 Å². The van der Waals surface area contributed by atoms with Gasteiger partial charge in [0, 0.05) is 0 Å². The Hall–Kier alpha value is -0.820. The number of benzene rings is 1. The summed E-state index contributed by atoms with van der Waals surface area (Å²) >= 11 is 0. The summed E-state index contributed by atoms with van der Waals surface area (Å²) < 4.78 is 0. The van der Waals surface area contributed by atoms with Gasteiger partial charge in [-0.15, -0.1) is 6.61 Å². The largest absolute Gasteiger partial charge is 0.854 e. The van der Waals surface area contributed by atoms with Gasteiger partial charge in [-0.25, -0.2) is 0 Å². The van der Waals surface area contributed by atoms with E-state index in [9.17, 15) is 5.11 Å². The maximum atomic E-state index is 10.7. The number of rotatable bonds is 3. The van der Waals surface area contributed by atoms with E-state index >= 15 is 0 Å². The van der Waals surface area contributed by atoms with Crippen LogP contribution in [0.5, 0.6) is 0 Å². The Bertz CT molecular complexity index is 189. The average molecular weight is 149 g/mol. The smallest absolute Gasteiger partial charge is 0.0318 e. The van der Waals surface area contributed by atoms with Crippen molar-refractivity contribution in [2.24, 2.45) is 0 Å². The molecule has 0 heterocycles. The molecule has 0 radical (unpaired) electrons. The number of hydrogen-bond acceptors (Lipinski definition) is 1. The Morgan fingerprint density at radius 2 is 1.91 bits per heavy atom. The van der Waals surface area contributed by atoms with Crippen LogP contribution in [-0.4, -0.2) is 6.61 Å². The van der Waals surface area contributed by atoms with Crippen LogP contribution in [0.1, 0.15) is 24.8 Å². The highest BCUT2D eigenvalue weighted by atomic mass is 16.3. The lowest BCUT2D eigenvalue weighted by Crippen LogP contribution is -2.15. The van der Waals surface area contributed by atoms with Crippen molar-refractivity contribution in [1.82, 2.24) is 0 Å². The average Bonchev–Trinajstić information content (AvgIpc) is 2.09. The van der Waals surface area contributed by atoms with Crippen molar-refractivity contribution < 1.29 is 5.11 Å². The molecule has 60 valence electrons. The van der Waals surface area contributed by atoms with Gasteiger partial charge in [0.05, 0.1) is 0 Å². The monoisotopic (exact) mass is 149 g/mol. The van der Waals surface area contributed by atoms with Gasteiger partial charge in [0.25, 0.3) is 0 Å². The molecule has 0 N–H and O–H groups in total. The molecule has 0 fully saturated rings. The molecular weight excluding hydrogens is 136 g/mol. The van der Waals surface area contributed by atoms with E-state index in [1.165, 1.54) is 5.56 Å². The topological polar surface area (TPSA) is 23.1 Å². The van der Waals surface area contributed by atoms with E-state index in [1.807, 2.05) is 30.3 Å². The zero-order chi connectivity index (χ0) is 8.10. The molecule has 1 rings (SSSR count). The predicted octanol–water partition coefficient (Wildman–Crippen LogP) is 1.54. The first-order valence-electron chi connectivity index (χ1n) is 4.01. The molecule has 1 aromatic rings. The molecule has 0 amide bonds. The van der Waals surface area contributed by atoms with E-state index < -0.39 is 0 Å². The summed E-state index contributed by atoms with van der Waals surface area (Å²) in [6.07, 6.45) is 0.938. The van der Waals surface area contributed by atoms with Crippen molar-refractivity contribution >= 4 is 0 Å². The van der Waals surface area contributed by atoms with Crippen LogP contribution in [0.15, 0.2) is 30.3 Å². The first-order chi connectivity index (χ1) is 5.38. The summed E-state index contributed by atoms with van der Waals surface area (Å²) in [5.74, 6) is 0.205. The van der Waals surface area contributed by atoms with Crippen LogP contribution in [0.2, 0.25) is 0 Å². The SMILES string of the molecule is CCC(C[O-])c1ccccc1. The highest BCUT2D eigenvalue weighted by molar-refractivity contribution is 5.19. The Balaban J connectivity index is 2.74. The van der Waals surface area contributed by atoms with Gasteiger partial charge in [-0.3, -0.25) is 0 Å². The van der Waals surface area contributed by atoms with Crippen LogP contribution in [-0.2, 0) is 0 Å². The van der Waals surface area contributed by atoms with Gasteiger partial charge in [-0.1, -0.05) is 43.7 Å². The van der Waals surface area contributed by atoms with Crippen molar-refractivity contribution in [2.75, 3.05) is 6.61 Å². The zero-order valence-electron chi connectivity index (χ0n) is 6.79. The molecule has 0 aliphatic rings. The second kappa shape index (κ2) is 4.14. The molecule has 0 aliphatic carbocycles. The van der Waals surface area contributed by atoms with E-state index in [-0.39, 0.29) is 12.5 Å². The molecule has 1 nitrogen and oxygen atoms in total. The van der Waals surface area contributed by atoms with Gasteiger partial charge in [0.2, 0.25) is 0 Å². The first kappa shape index (κ1) is 8.28. The molecule has 1 heteroatoms. The number of hydrogen-bond donors (Lipinski definition) is 0. The van der Waals surface area contributed by atoms with E-state index in [0.717, 1.165) is 6.42 Å². The lowest BCUT2D eigenvalue weighted by Gasteiger charge is -2.17. The molecular formula is C10H13O-. The fourth-order valence-electron chi connectivity index (χ4n) is 1.17. The molecule has 1 atom stereocenters. The third-order valence-corrected chi connectivity index (χ3v) is 1.96. The maximum Gasteiger partial charge on any atom is -0.0318 e. The molecule has 11 heavy (non-hydrogen) atoms. The van der Waals surface area contributed by atoms with Gasteiger partial charge in [-0.05, 0) is 11.5 Å². The van der Waals surface area contributed by atoms with Gasteiger partial charge >= 0.3 is 0 Å². The summed E-state index contributed by atoms with van der Waals surface area (Å²) in [5, 5.41) is 10.7. The molecule has 0 saturated carbocycles. The molecule has 0 spiro atoms. The van der Waals surface area contributed by atoms with E-state index in [4.69, 9.17) is 0 Å². The molecule has 0 aromatic heterocycles. The lowest BCUT2D eigenvalue weighted by atomic mass is 9.98. The fourth-order valence-corrected chi connectivity index (χ4v) is 1.17. The van der Waals surface area contributed by atoms with Crippen LogP contribution in [0.25, 0.3) is 0 Å². The summed E-state index contributed by atoms with van der Waals surface area (Å²) in [5.41, 5.74) is 1.17. The van der Waals surface area contributed by atoms with Crippen LogP contribution < -0.4 is 5.11 Å². The van der Waals surface area contributed by atoms with Crippen LogP contribution in [0.3, 0.4) is 0 Å². The quantitative estimate of drug-likeness (QED) is 0.639. The summed E-state index contributed by atoms with van der Waals surface area (Å²) in [6, 6.07) is 9.97. The van der Waals surface area contributed by atoms with Crippen molar-refractivity contribution in [3.8, 4) is 0 Å². The molecule has 0 aliphatic heterocycles. The Labute approximate surface area is 67.7 Å². The van der Waals surface area contributed by atoms with Crippen molar-refractivity contribution in [2.45, 2.75) is 19.3 Å². The Morgan fingerprint density at radius 3 is 2.36 bits per heavy atom. The summed E-state index contributed by atoms with van der Waals surface area (Å²) in [7, 11) is 0. The second-order valence-corrected chi connectivity index (χ2v) is 2.68. The normalized spacial score (nSPS) is 12.9. The molecule has 0 saturated heterocycles. The molecule has 0 bridgehead atoms. The fraction of sp³-hybridized carbons (Fsp3) is 0.400. The van der Waals surface area contributed by atoms with Gasteiger partial charge in [-0.2, -0.15) is 0 Å². The lowest BCUT2D eigenvalue weighted by molar-refractivity contribution is -0.372. The van der Waals surface area contributed by atoms with Crippen molar-refractivity contribution in [3.63, 3.8) is 0 Å². The minimum Gasteiger partial charge on any atom is -0.854 e. The molecule has 1 unspecified atom stereocenters. The van der Waals surface area contributed by atoms with Gasteiger partial charge in [0.15, 0.2) is 0 Å². The summed E-state index contributed by atoms with van der Waals surface area (Å²) in [6.45, 7) is 2.05. The summed E-state index contributed by atoms with van der Waals surface area (Å²) in [4.78, 5) is 0. The first-order valence-corrected chi connectivity index (χ1v) is 4.01. The van der Waals surface area contributed by atoms with Crippen LogP contribution >= 0.6 is 0 Å². The highest BCUT2D eigenvalue weighted by Crippen LogP contribution is 2.16. The second-order valence-electron chi connectivity index (χ2n) is 2.68. The van der Waals surface area contributed by atoms with Crippen LogP contribution in [0, 0.1) is 0 Å². The van der Waals surface area contributed by atoms with Crippen molar-refractivity contribution in [1.29, 1.82) is 0 Å². The van der Waals surface area contributed by atoms with Crippen LogP contribution in [0.4, 0.5) is 0 Å². The van der Waals surface area contributed by atoms with E-state index in [2.05, 4.69) is 6.92 Å². The van der Waals surface area contributed by atoms with Gasteiger partial charge < -0.3 is 5.11 Å².